The highest BCUT2D eigenvalue weighted by molar-refractivity contribution is 9.11. The number of rotatable bonds is 4. The Kier molecular flexibility index (Phi) is 5.00. The zero-order chi connectivity index (χ0) is 14.7. The first kappa shape index (κ1) is 15.3. The van der Waals surface area contributed by atoms with Crippen molar-refractivity contribution in [3.8, 4) is 0 Å². The number of nitrogens with zero attached hydrogens (tertiary/aromatic N) is 1. The van der Waals surface area contributed by atoms with E-state index in [9.17, 15) is 4.79 Å². The van der Waals surface area contributed by atoms with Gasteiger partial charge in [-0.2, -0.15) is 0 Å². The molecule has 20 heavy (non-hydrogen) atoms. The van der Waals surface area contributed by atoms with Gasteiger partial charge < -0.3 is 4.90 Å². The molecule has 0 N–H and O–H groups in total. The maximum absolute atomic E-state index is 12.4. The van der Waals surface area contributed by atoms with Crippen molar-refractivity contribution in [2.75, 3.05) is 7.05 Å². The maximum atomic E-state index is 12.4. The van der Waals surface area contributed by atoms with Gasteiger partial charge in [-0.3, -0.25) is 4.79 Å². The molecule has 0 atom stereocenters. The standard InChI is InChI=1S/C16H18BrNOS/c1-11(2)13-4-6-14(7-5-13)16(19)18(3)9-12-8-15(17)20-10-12/h4-8,10-11H,9H2,1-3H3. The Morgan fingerprint density at radius 2 is 1.95 bits per heavy atom. The average Bonchev–Trinajstić information content (AvgIpc) is 2.83. The monoisotopic (exact) mass is 351 g/mol. The van der Waals surface area contributed by atoms with E-state index in [0.29, 0.717) is 12.5 Å². The van der Waals surface area contributed by atoms with Crippen molar-refractivity contribution < 1.29 is 4.79 Å². The lowest BCUT2D eigenvalue weighted by molar-refractivity contribution is 0.0785. The molecule has 2 aromatic rings. The first-order chi connectivity index (χ1) is 9.47. The number of halogens is 1. The van der Waals surface area contributed by atoms with E-state index in [1.54, 1.807) is 16.2 Å². The Labute approximate surface area is 132 Å². The van der Waals surface area contributed by atoms with E-state index in [-0.39, 0.29) is 5.91 Å². The lowest BCUT2D eigenvalue weighted by atomic mass is 10.0. The molecule has 0 saturated carbocycles. The number of carbonyl (C=O) groups excluding carboxylic acids is 1. The van der Waals surface area contributed by atoms with Crippen LogP contribution >= 0.6 is 27.3 Å². The minimum Gasteiger partial charge on any atom is -0.337 e. The van der Waals surface area contributed by atoms with Gasteiger partial charge in [0.1, 0.15) is 0 Å². The summed E-state index contributed by atoms with van der Waals surface area (Å²) in [6.07, 6.45) is 0. The molecule has 1 aromatic carbocycles. The normalized spacial score (nSPS) is 10.8. The van der Waals surface area contributed by atoms with E-state index >= 15 is 0 Å². The van der Waals surface area contributed by atoms with E-state index in [1.807, 2.05) is 31.3 Å². The van der Waals surface area contributed by atoms with Crippen LogP contribution in [0.2, 0.25) is 0 Å². The van der Waals surface area contributed by atoms with Gasteiger partial charge in [0, 0.05) is 19.2 Å². The van der Waals surface area contributed by atoms with E-state index in [1.165, 1.54) is 5.56 Å². The highest BCUT2D eigenvalue weighted by Gasteiger charge is 2.13. The first-order valence-corrected chi connectivity index (χ1v) is 8.23. The summed E-state index contributed by atoms with van der Waals surface area (Å²) in [6, 6.07) is 9.95. The van der Waals surface area contributed by atoms with Gasteiger partial charge in [-0.05, 0) is 56.6 Å². The quantitative estimate of drug-likeness (QED) is 0.766. The zero-order valence-corrected chi connectivity index (χ0v) is 14.3. The van der Waals surface area contributed by atoms with Crippen LogP contribution in [-0.4, -0.2) is 17.9 Å². The van der Waals surface area contributed by atoms with Gasteiger partial charge in [-0.15, -0.1) is 11.3 Å². The number of amides is 1. The Bertz CT molecular complexity index is 589. The first-order valence-electron chi connectivity index (χ1n) is 6.55. The van der Waals surface area contributed by atoms with Crippen molar-refractivity contribution in [3.05, 3.63) is 56.2 Å². The van der Waals surface area contributed by atoms with Crippen molar-refractivity contribution in [1.82, 2.24) is 4.90 Å². The second kappa shape index (κ2) is 6.55. The SMILES string of the molecule is CC(C)c1ccc(C(=O)N(C)Cc2csc(Br)c2)cc1. The van der Waals surface area contributed by atoms with Crippen molar-refractivity contribution in [1.29, 1.82) is 0 Å². The van der Waals surface area contributed by atoms with Crippen LogP contribution in [0.1, 0.15) is 41.3 Å². The van der Waals surface area contributed by atoms with Crippen LogP contribution in [0.15, 0.2) is 39.5 Å². The van der Waals surface area contributed by atoms with E-state index in [0.717, 1.165) is 14.9 Å². The number of thiophene rings is 1. The molecule has 1 amide bonds. The minimum absolute atomic E-state index is 0.0580. The third-order valence-corrected chi connectivity index (χ3v) is 4.77. The fourth-order valence-electron chi connectivity index (χ4n) is 2.01. The number of hydrogen-bond acceptors (Lipinski definition) is 2. The maximum Gasteiger partial charge on any atom is 0.253 e. The summed E-state index contributed by atoms with van der Waals surface area (Å²) in [5.74, 6) is 0.544. The second-order valence-electron chi connectivity index (χ2n) is 5.20. The third-order valence-electron chi connectivity index (χ3n) is 3.21. The summed E-state index contributed by atoms with van der Waals surface area (Å²) in [5.41, 5.74) is 3.15. The molecule has 1 aromatic heterocycles. The molecule has 0 saturated heterocycles. The molecule has 0 bridgehead atoms. The highest BCUT2D eigenvalue weighted by atomic mass is 79.9. The molecular weight excluding hydrogens is 334 g/mol. The number of carbonyl (C=O) groups is 1. The molecule has 0 radical (unpaired) electrons. The lowest BCUT2D eigenvalue weighted by Gasteiger charge is -2.17. The van der Waals surface area contributed by atoms with E-state index in [2.05, 4.69) is 41.2 Å². The van der Waals surface area contributed by atoms with Crippen LogP contribution < -0.4 is 0 Å². The van der Waals surface area contributed by atoms with Crippen molar-refractivity contribution in [3.63, 3.8) is 0 Å². The molecule has 0 unspecified atom stereocenters. The van der Waals surface area contributed by atoms with Gasteiger partial charge in [0.2, 0.25) is 0 Å². The molecule has 2 rings (SSSR count). The molecule has 0 aliphatic heterocycles. The largest absolute Gasteiger partial charge is 0.337 e. The van der Waals surface area contributed by atoms with Crippen LogP contribution in [-0.2, 0) is 6.54 Å². The van der Waals surface area contributed by atoms with Crippen LogP contribution in [0.5, 0.6) is 0 Å². The van der Waals surface area contributed by atoms with Crippen LogP contribution in [0.4, 0.5) is 0 Å². The van der Waals surface area contributed by atoms with Gasteiger partial charge in [0.05, 0.1) is 3.79 Å². The molecule has 0 fully saturated rings. The fraction of sp³-hybridized carbons (Fsp3) is 0.312. The molecule has 0 aliphatic rings. The molecule has 4 heteroatoms. The summed E-state index contributed by atoms with van der Waals surface area (Å²) in [7, 11) is 1.84. The highest BCUT2D eigenvalue weighted by Crippen LogP contribution is 2.22. The Balaban J connectivity index is 2.06. The van der Waals surface area contributed by atoms with Gasteiger partial charge >= 0.3 is 0 Å². The molecule has 106 valence electrons. The van der Waals surface area contributed by atoms with Crippen molar-refractivity contribution in [2.24, 2.45) is 0 Å². The molecular formula is C16H18BrNOS. The summed E-state index contributed by atoms with van der Waals surface area (Å²) in [5, 5.41) is 2.07. The Morgan fingerprint density at radius 3 is 2.45 bits per heavy atom. The van der Waals surface area contributed by atoms with Gasteiger partial charge in [0.25, 0.3) is 5.91 Å². The molecule has 0 spiro atoms. The van der Waals surface area contributed by atoms with Crippen LogP contribution in [0, 0.1) is 0 Å². The summed E-state index contributed by atoms with van der Waals surface area (Å²) in [4.78, 5) is 14.1. The topological polar surface area (TPSA) is 20.3 Å². The Morgan fingerprint density at radius 1 is 1.30 bits per heavy atom. The summed E-state index contributed by atoms with van der Waals surface area (Å²) in [6.45, 7) is 4.93. The molecule has 0 aliphatic carbocycles. The Hall–Kier alpha value is -1.13. The second-order valence-corrected chi connectivity index (χ2v) is 7.49. The zero-order valence-electron chi connectivity index (χ0n) is 11.9. The third kappa shape index (κ3) is 3.70. The number of benzene rings is 1. The lowest BCUT2D eigenvalue weighted by Crippen LogP contribution is -2.25. The van der Waals surface area contributed by atoms with Gasteiger partial charge in [-0.25, -0.2) is 0 Å². The van der Waals surface area contributed by atoms with Gasteiger partial charge in [0.15, 0.2) is 0 Å². The summed E-state index contributed by atoms with van der Waals surface area (Å²) < 4.78 is 1.09. The van der Waals surface area contributed by atoms with E-state index in [4.69, 9.17) is 0 Å². The molecule has 2 nitrogen and oxygen atoms in total. The van der Waals surface area contributed by atoms with Crippen molar-refractivity contribution in [2.45, 2.75) is 26.3 Å². The van der Waals surface area contributed by atoms with Crippen molar-refractivity contribution >= 4 is 33.2 Å². The molecule has 1 heterocycles. The minimum atomic E-state index is 0.0580. The average molecular weight is 352 g/mol. The smallest absolute Gasteiger partial charge is 0.253 e. The van der Waals surface area contributed by atoms with Crippen LogP contribution in [0.3, 0.4) is 0 Å². The van der Waals surface area contributed by atoms with Crippen LogP contribution in [0.25, 0.3) is 0 Å². The number of hydrogen-bond donors (Lipinski definition) is 0. The van der Waals surface area contributed by atoms with E-state index < -0.39 is 0 Å². The predicted octanol–water partition coefficient (Wildman–Crippen LogP) is 4.91. The summed E-state index contributed by atoms with van der Waals surface area (Å²) >= 11 is 5.08. The fourth-order valence-corrected chi connectivity index (χ4v) is 3.21. The predicted molar refractivity (Wildman–Crippen MR) is 88.3 cm³/mol. The van der Waals surface area contributed by atoms with Gasteiger partial charge in [-0.1, -0.05) is 26.0 Å².